The predicted octanol–water partition coefficient (Wildman–Crippen LogP) is 7.69. The number of amides is 1. The Labute approximate surface area is 248 Å². The zero-order chi connectivity index (χ0) is 27.4. The Morgan fingerprint density at radius 3 is 2.40 bits per heavy atom. The van der Waals surface area contributed by atoms with Gasteiger partial charge in [0.05, 0.1) is 45.0 Å². The maximum atomic E-state index is 14.3. The summed E-state index contributed by atoms with van der Waals surface area (Å²) < 4.78 is 21.6. The van der Waals surface area contributed by atoms with E-state index < -0.39 is 13.4 Å². The second-order valence-electron chi connectivity index (χ2n) is 10.4. The third kappa shape index (κ3) is 4.25. The molecule has 1 amide bonds. The SMILES string of the molecule is O=C1Oc2c(cc3c4c2CCCN4CCC3)[P@](=Nc2ccccc2Cl)(N2CCOCC2)N1c1ccc(Cl)c(Cl)c1. The molecule has 0 N–H and O–H groups in total. The summed E-state index contributed by atoms with van der Waals surface area (Å²) >= 11 is 19.6. The van der Waals surface area contributed by atoms with Crippen molar-refractivity contribution in [3.05, 3.63) is 74.7 Å². The van der Waals surface area contributed by atoms with Crippen molar-refractivity contribution in [3.63, 3.8) is 0 Å². The zero-order valence-corrected chi connectivity index (χ0v) is 24.9. The number of hydrogen-bond donors (Lipinski definition) is 0. The molecule has 0 bridgehead atoms. The molecule has 7 nitrogen and oxygen atoms in total. The van der Waals surface area contributed by atoms with Crippen molar-refractivity contribution in [3.8, 4) is 5.75 Å². The highest BCUT2D eigenvalue weighted by Gasteiger charge is 2.50. The fourth-order valence-corrected chi connectivity index (χ4v) is 10.7. The summed E-state index contributed by atoms with van der Waals surface area (Å²) in [4.78, 5) is 16.8. The first-order valence-electron chi connectivity index (χ1n) is 13.6. The molecule has 0 saturated carbocycles. The van der Waals surface area contributed by atoms with Crippen LogP contribution in [0.3, 0.4) is 0 Å². The number of fused-ring (bicyclic) bond motifs is 2. The maximum Gasteiger partial charge on any atom is 0.425 e. The first-order chi connectivity index (χ1) is 19.5. The quantitative estimate of drug-likeness (QED) is 0.282. The van der Waals surface area contributed by atoms with Crippen LogP contribution in [0.2, 0.25) is 15.1 Å². The number of halogens is 3. The second-order valence-corrected chi connectivity index (χ2v) is 14.4. The molecule has 4 heterocycles. The van der Waals surface area contributed by atoms with Crippen LogP contribution in [-0.4, -0.2) is 50.2 Å². The van der Waals surface area contributed by atoms with Gasteiger partial charge in [0.1, 0.15) is 5.75 Å². The number of hydrogen-bond acceptors (Lipinski definition) is 5. The normalized spacial score (nSPS) is 22.4. The molecule has 208 valence electrons. The third-order valence-electron chi connectivity index (χ3n) is 8.05. The fourth-order valence-electron chi connectivity index (χ4n) is 6.34. The van der Waals surface area contributed by atoms with E-state index in [1.54, 1.807) is 16.8 Å². The lowest BCUT2D eigenvalue weighted by Gasteiger charge is -2.49. The van der Waals surface area contributed by atoms with E-state index >= 15 is 0 Å². The number of benzene rings is 3. The van der Waals surface area contributed by atoms with Crippen LogP contribution in [0.25, 0.3) is 0 Å². The Balaban J connectivity index is 1.60. The van der Waals surface area contributed by atoms with Gasteiger partial charge < -0.3 is 14.4 Å². The number of carbonyl (C=O) groups is 1. The highest BCUT2D eigenvalue weighted by molar-refractivity contribution is 7.74. The highest BCUT2D eigenvalue weighted by atomic mass is 35.5. The van der Waals surface area contributed by atoms with Gasteiger partial charge in [-0.15, -0.1) is 0 Å². The summed E-state index contributed by atoms with van der Waals surface area (Å²) in [6.45, 7) is 4.32. The Kier molecular flexibility index (Phi) is 7.02. The molecule has 1 saturated heterocycles. The van der Waals surface area contributed by atoms with Gasteiger partial charge in [-0.05, 0) is 67.6 Å². The number of rotatable bonds is 3. The summed E-state index contributed by atoms with van der Waals surface area (Å²) in [6, 6.07) is 15.0. The van der Waals surface area contributed by atoms with Crippen LogP contribution in [0.15, 0.2) is 53.3 Å². The van der Waals surface area contributed by atoms with E-state index in [-0.39, 0.29) is 0 Å². The van der Waals surface area contributed by atoms with E-state index in [1.165, 1.54) is 11.3 Å². The summed E-state index contributed by atoms with van der Waals surface area (Å²) in [7, 11) is -3.08. The molecule has 0 aliphatic carbocycles. The van der Waals surface area contributed by atoms with Gasteiger partial charge in [-0.25, -0.2) is 18.9 Å². The van der Waals surface area contributed by atoms with E-state index in [1.807, 2.05) is 30.3 Å². The van der Waals surface area contributed by atoms with Crippen molar-refractivity contribution >= 4 is 70.6 Å². The minimum absolute atomic E-state index is 0.353. The number of ether oxygens (including phenoxy) is 2. The van der Waals surface area contributed by atoms with E-state index in [4.69, 9.17) is 49.0 Å². The number of anilines is 2. The van der Waals surface area contributed by atoms with Crippen LogP contribution in [0.5, 0.6) is 5.75 Å². The minimum atomic E-state index is -3.08. The number of aryl methyl sites for hydroxylation is 1. The monoisotopic (exact) mass is 616 g/mol. The first kappa shape index (κ1) is 26.6. The molecule has 3 aromatic carbocycles. The number of morpholine rings is 1. The Hall–Kier alpha value is -2.25. The summed E-state index contributed by atoms with van der Waals surface area (Å²) in [6.07, 6.45) is 3.46. The van der Waals surface area contributed by atoms with Crippen LogP contribution in [0.1, 0.15) is 24.0 Å². The molecule has 40 heavy (non-hydrogen) atoms. The lowest BCUT2D eigenvalue weighted by Crippen LogP contribution is -2.50. The summed E-state index contributed by atoms with van der Waals surface area (Å²) in [5.41, 5.74) is 4.85. The van der Waals surface area contributed by atoms with Crippen LogP contribution in [-0.2, 0) is 17.6 Å². The Morgan fingerprint density at radius 1 is 0.850 bits per heavy atom. The fraction of sp³-hybridized carbons (Fsp3) is 0.345. The van der Waals surface area contributed by atoms with E-state index in [0.717, 1.165) is 49.6 Å². The second kappa shape index (κ2) is 10.5. The van der Waals surface area contributed by atoms with Crippen molar-refractivity contribution < 1.29 is 14.3 Å². The molecule has 4 aliphatic rings. The number of carbonyl (C=O) groups excluding carboxylic acids is 1. The van der Waals surface area contributed by atoms with Gasteiger partial charge in [0, 0.05) is 37.4 Å². The van der Waals surface area contributed by atoms with Gasteiger partial charge in [0.15, 0.2) is 7.36 Å². The zero-order valence-electron chi connectivity index (χ0n) is 21.8. The van der Waals surface area contributed by atoms with Crippen LogP contribution < -0.4 is 19.6 Å². The summed E-state index contributed by atoms with van der Waals surface area (Å²) in [5.74, 6) is 0.655. The molecule has 0 spiro atoms. The van der Waals surface area contributed by atoms with Gasteiger partial charge >= 0.3 is 6.09 Å². The van der Waals surface area contributed by atoms with Crippen molar-refractivity contribution in [2.24, 2.45) is 4.74 Å². The topological polar surface area (TPSA) is 57.6 Å². The average Bonchev–Trinajstić information content (AvgIpc) is 2.97. The van der Waals surface area contributed by atoms with Crippen molar-refractivity contribution in [2.75, 3.05) is 49.0 Å². The average molecular weight is 618 g/mol. The molecular weight excluding hydrogens is 590 g/mol. The van der Waals surface area contributed by atoms with E-state index in [9.17, 15) is 4.79 Å². The van der Waals surface area contributed by atoms with Crippen molar-refractivity contribution in [2.45, 2.75) is 25.7 Å². The molecule has 0 unspecified atom stereocenters. The van der Waals surface area contributed by atoms with E-state index in [0.29, 0.717) is 58.5 Å². The van der Waals surface area contributed by atoms with Gasteiger partial charge in [-0.3, -0.25) is 0 Å². The largest absolute Gasteiger partial charge is 0.425 e. The summed E-state index contributed by atoms with van der Waals surface area (Å²) in [5, 5.41) is 2.23. The minimum Gasteiger partial charge on any atom is -0.408 e. The molecule has 7 rings (SSSR count). The number of nitrogens with zero attached hydrogens (tertiary/aromatic N) is 4. The standard InChI is InChI=1S/C29H28Cl3N4O3P/c30-22-10-9-20(18-24(22)32)36-29(37)39-28-21-6-4-12-34-11-3-5-19(27(21)34)17-26(28)40(36,35-13-15-38-16-14-35)33-25-8-2-1-7-23(25)31/h1-2,7-10,17-18H,3-6,11-16H2/t40-/m0/s1. The molecule has 4 aliphatic heterocycles. The Morgan fingerprint density at radius 2 is 1.62 bits per heavy atom. The lowest BCUT2D eigenvalue weighted by atomic mass is 9.91. The highest BCUT2D eigenvalue weighted by Crippen LogP contribution is 2.64. The van der Waals surface area contributed by atoms with Gasteiger partial charge in [-0.1, -0.05) is 46.9 Å². The smallest absolute Gasteiger partial charge is 0.408 e. The molecule has 1 fully saturated rings. The predicted molar refractivity (Wildman–Crippen MR) is 163 cm³/mol. The molecule has 0 radical (unpaired) electrons. The van der Waals surface area contributed by atoms with E-state index in [2.05, 4.69) is 15.6 Å². The molecule has 1 atom stereocenters. The molecule has 0 aromatic heterocycles. The molecule has 11 heteroatoms. The van der Waals surface area contributed by atoms with Gasteiger partial charge in [0.25, 0.3) is 0 Å². The first-order valence-corrected chi connectivity index (χ1v) is 16.4. The van der Waals surface area contributed by atoms with Crippen LogP contribution in [0.4, 0.5) is 21.9 Å². The lowest BCUT2D eigenvalue weighted by molar-refractivity contribution is 0.0742. The van der Waals surface area contributed by atoms with Crippen LogP contribution in [0, 0.1) is 0 Å². The van der Waals surface area contributed by atoms with Crippen molar-refractivity contribution in [1.82, 2.24) is 4.67 Å². The Bertz CT molecular complexity index is 1570. The van der Waals surface area contributed by atoms with Crippen molar-refractivity contribution in [1.29, 1.82) is 0 Å². The van der Waals surface area contributed by atoms with Gasteiger partial charge in [0.2, 0.25) is 0 Å². The van der Waals surface area contributed by atoms with Crippen LogP contribution >= 0.6 is 42.2 Å². The maximum absolute atomic E-state index is 14.3. The molecular formula is C29H28Cl3N4O3P. The van der Waals surface area contributed by atoms with Gasteiger partial charge in [-0.2, -0.15) is 0 Å². The third-order valence-corrected chi connectivity index (χ3v) is 12.7. The molecule has 3 aromatic rings.